The molecule has 0 bridgehead atoms. The van der Waals surface area contributed by atoms with Gasteiger partial charge in [-0.2, -0.15) is 0 Å². The number of thioether (sulfide) groups is 1. The fourth-order valence-electron chi connectivity index (χ4n) is 2.61. The highest BCUT2D eigenvalue weighted by atomic mass is 79.9. The number of hydrogen-bond acceptors (Lipinski definition) is 2. The molecule has 0 unspecified atom stereocenters. The van der Waals surface area contributed by atoms with Crippen LogP contribution >= 0.6 is 39.3 Å². The Labute approximate surface area is 171 Å². The van der Waals surface area contributed by atoms with E-state index < -0.39 is 0 Å². The van der Waals surface area contributed by atoms with Gasteiger partial charge in [-0.15, -0.1) is 11.8 Å². The molecule has 26 heavy (non-hydrogen) atoms. The molecule has 0 aliphatic carbocycles. The number of ketones is 1. The first-order valence-corrected chi connectivity index (χ1v) is 10.3. The molecule has 0 N–H and O–H groups in total. The van der Waals surface area contributed by atoms with E-state index in [2.05, 4.69) is 47.1 Å². The van der Waals surface area contributed by atoms with Gasteiger partial charge in [-0.05, 0) is 48.9 Å². The lowest BCUT2D eigenvalue weighted by atomic mass is 10.0. The highest BCUT2D eigenvalue weighted by Crippen LogP contribution is 2.39. The van der Waals surface area contributed by atoms with Crippen LogP contribution < -0.4 is 0 Å². The van der Waals surface area contributed by atoms with E-state index in [0.29, 0.717) is 11.4 Å². The Morgan fingerprint density at radius 3 is 2.19 bits per heavy atom. The number of halogens is 2. The predicted octanol–water partition coefficient (Wildman–Crippen LogP) is 7.52. The zero-order valence-corrected chi connectivity index (χ0v) is 17.4. The highest BCUT2D eigenvalue weighted by molar-refractivity contribution is 9.10. The van der Waals surface area contributed by atoms with E-state index in [1.807, 2.05) is 48.5 Å². The minimum atomic E-state index is 0.0490. The van der Waals surface area contributed by atoms with Crippen molar-refractivity contribution in [1.29, 1.82) is 0 Å². The van der Waals surface area contributed by atoms with Crippen molar-refractivity contribution < 1.29 is 4.79 Å². The molecule has 0 saturated carbocycles. The molecule has 0 aliphatic rings. The van der Waals surface area contributed by atoms with Gasteiger partial charge in [0.1, 0.15) is 0 Å². The molecular formula is C22H18BrClOS. The zero-order valence-electron chi connectivity index (χ0n) is 14.3. The fourth-order valence-corrected chi connectivity index (χ4v) is 4.15. The summed E-state index contributed by atoms with van der Waals surface area (Å²) in [5.74, 6) is 0.143. The molecule has 3 aromatic carbocycles. The van der Waals surface area contributed by atoms with Gasteiger partial charge < -0.3 is 0 Å². The summed E-state index contributed by atoms with van der Waals surface area (Å²) in [6.07, 6.45) is 0.442. The lowest BCUT2D eigenvalue weighted by molar-refractivity contribution is 0.0982. The quantitative estimate of drug-likeness (QED) is 0.288. The Morgan fingerprint density at radius 2 is 1.58 bits per heavy atom. The Kier molecular flexibility index (Phi) is 6.58. The Morgan fingerprint density at radius 1 is 0.962 bits per heavy atom. The summed E-state index contributed by atoms with van der Waals surface area (Å²) in [6, 6.07) is 23.7. The summed E-state index contributed by atoms with van der Waals surface area (Å²) >= 11 is 11.1. The van der Waals surface area contributed by atoms with Gasteiger partial charge in [-0.25, -0.2) is 0 Å². The standard InChI is InChI=1S/C22H18BrClOS/c1-15-2-4-17(5-3-15)22(26-20-12-10-19(24)11-13-20)14-21(25)16-6-8-18(23)9-7-16/h2-13,22H,14H2,1H3/t22-/m0/s1. The molecule has 0 aromatic heterocycles. The average Bonchev–Trinajstić information content (AvgIpc) is 2.64. The number of carbonyl (C=O) groups is 1. The third-order valence-corrected chi connectivity index (χ3v) is 6.13. The molecule has 0 radical (unpaired) electrons. The monoisotopic (exact) mass is 444 g/mol. The smallest absolute Gasteiger partial charge is 0.164 e. The van der Waals surface area contributed by atoms with Crippen molar-refractivity contribution in [2.75, 3.05) is 0 Å². The van der Waals surface area contributed by atoms with E-state index in [9.17, 15) is 4.79 Å². The summed E-state index contributed by atoms with van der Waals surface area (Å²) in [4.78, 5) is 13.9. The van der Waals surface area contributed by atoms with Crippen LogP contribution in [0.4, 0.5) is 0 Å². The van der Waals surface area contributed by atoms with Gasteiger partial charge in [0, 0.05) is 31.6 Å². The fraction of sp³-hybridized carbons (Fsp3) is 0.136. The number of aryl methyl sites for hydroxylation is 1. The molecule has 0 fully saturated rings. The van der Waals surface area contributed by atoms with Gasteiger partial charge in [0.2, 0.25) is 0 Å². The Bertz CT molecular complexity index is 874. The van der Waals surface area contributed by atoms with Crippen LogP contribution in [0.5, 0.6) is 0 Å². The second-order valence-electron chi connectivity index (χ2n) is 6.11. The number of carbonyl (C=O) groups excluding carboxylic acids is 1. The lowest BCUT2D eigenvalue weighted by Crippen LogP contribution is -2.05. The van der Waals surface area contributed by atoms with E-state index in [1.165, 1.54) is 5.56 Å². The number of benzene rings is 3. The van der Waals surface area contributed by atoms with Crippen LogP contribution in [0.1, 0.15) is 33.2 Å². The van der Waals surface area contributed by atoms with Crippen LogP contribution in [0.25, 0.3) is 0 Å². The number of rotatable bonds is 6. The van der Waals surface area contributed by atoms with Crippen molar-refractivity contribution in [3.05, 3.63) is 99.0 Å². The maximum atomic E-state index is 12.8. The third-order valence-electron chi connectivity index (χ3n) is 4.08. The maximum Gasteiger partial charge on any atom is 0.164 e. The van der Waals surface area contributed by atoms with Crippen molar-refractivity contribution in [3.63, 3.8) is 0 Å². The first-order chi connectivity index (χ1) is 12.5. The van der Waals surface area contributed by atoms with E-state index >= 15 is 0 Å². The van der Waals surface area contributed by atoms with Crippen LogP contribution in [-0.2, 0) is 0 Å². The molecule has 3 rings (SSSR count). The molecule has 3 aromatic rings. The van der Waals surface area contributed by atoms with Crippen molar-refractivity contribution in [2.24, 2.45) is 0 Å². The SMILES string of the molecule is Cc1ccc([C@H](CC(=O)c2ccc(Br)cc2)Sc2ccc(Cl)cc2)cc1. The number of hydrogen-bond donors (Lipinski definition) is 0. The maximum absolute atomic E-state index is 12.8. The van der Waals surface area contributed by atoms with Gasteiger partial charge in [0.05, 0.1) is 0 Å². The predicted molar refractivity (Wildman–Crippen MR) is 114 cm³/mol. The summed E-state index contributed by atoms with van der Waals surface area (Å²) in [7, 11) is 0. The topological polar surface area (TPSA) is 17.1 Å². The first kappa shape index (κ1) is 19.2. The molecule has 132 valence electrons. The third kappa shape index (κ3) is 5.23. The Hall–Kier alpha value is -1.55. The van der Waals surface area contributed by atoms with Crippen LogP contribution in [-0.4, -0.2) is 5.78 Å². The molecule has 0 amide bonds. The molecule has 4 heteroatoms. The lowest BCUT2D eigenvalue weighted by Gasteiger charge is -2.17. The minimum absolute atomic E-state index is 0.0490. The van der Waals surface area contributed by atoms with Crippen LogP contribution in [0, 0.1) is 6.92 Å². The van der Waals surface area contributed by atoms with E-state index in [-0.39, 0.29) is 11.0 Å². The summed E-state index contributed by atoms with van der Waals surface area (Å²) < 4.78 is 0.972. The molecule has 0 heterocycles. The van der Waals surface area contributed by atoms with Crippen molar-refractivity contribution in [2.45, 2.75) is 23.5 Å². The first-order valence-electron chi connectivity index (χ1n) is 8.29. The van der Waals surface area contributed by atoms with Crippen LogP contribution in [0.2, 0.25) is 5.02 Å². The highest BCUT2D eigenvalue weighted by Gasteiger charge is 2.19. The number of Topliss-reactive ketones (excluding diaryl/α,β-unsaturated/α-hetero) is 1. The van der Waals surface area contributed by atoms with E-state index in [4.69, 9.17) is 11.6 Å². The van der Waals surface area contributed by atoms with Crippen molar-refractivity contribution in [3.8, 4) is 0 Å². The molecule has 0 aliphatic heterocycles. The molecule has 1 nitrogen and oxygen atoms in total. The van der Waals surface area contributed by atoms with Crippen LogP contribution in [0.3, 0.4) is 0 Å². The van der Waals surface area contributed by atoms with E-state index in [1.54, 1.807) is 11.8 Å². The zero-order chi connectivity index (χ0) is 18.5. The van der Waals surface area contributed by atoms with Crippen molar-refractivity contribution in [1.82, 2.24) is 0 Å². The molecular weight excluding hydrogens is 428 g/mol. The van der Waals surface area contributed by atoms with Crippen LogP contribution in [0.15, 0.2) is 82.2 Å². The Balaban J connectivity index is 1.84. The second-order valence-corrected chi connectivity index (χ2v) is 8.73. The second kappa shape index (κ2) is 8.90. The normalized spacial score (nSPS) is 12.0. The molecule has 0 spiro atoms. The van der Waals surface area contributed by atoms with Gasteiger partial charge in [-0.1, -0.05) is 69.5 Å². The average molecular weight is 446 g/mol. The molecule has 0 saturated heterocycles. The summed E-state index contributed by atoms with van der Waals surface area (Å²) in [5, 5.41) is 0.764. The van der Waals surface area contributed by atoms with Crippen molar-refractivity contribution >= 4 is 45.1 Å². The summed E-state index contributed by atoms with van der Waals surface area (Å²) in [5.41, 5.74) is 3.10. The van der Waals surface area contributed by atoms with Gasteiger partial charge in [0.25, 0.3) is 0 Å². The molecule has 1 atom stereocenters. The van der Waals surface area contributed by atoms with Gasteiger partial charge >= 0.3 is 0 Å². The minimum Gasteiger partial charge on any atom is -0.294 e. The van der Waals surface area contributed by atoms with E-state index in [0.717, 1.165) is 20.5 Å². The van der Waals surface area contributed by atoms with Gasteiger partial charge in [-0.3, -0.25) is 4.79 Å². The largest absolute Gasteiger partial charge is 0.294 e. The summed E-state index contributed by atoms with van der Waals surface area (Å²) in [6.45, 7) is 2.07. The van der Waals surface area contributed by atoms with Gasteiger partial charge in [0.15, 0.2) is 5.78 Å².